The Morgan fingerprint density at radius 1 is 1.08 bits per heavy atom. The fourth-order valence-corrected chi connectivity index (χ4v) is 2.66. The van der Waals surface area contributed by atoms with E-state index >= 15 is 0 Å². The Morgan fingerprint density at radius 2 is 1.77 bits per heavy atom. The van der Waals surface area contributed by atoms with Gasteiger partial charge in [-0.15, -0.1) is 0 Å². The van der Waals surface area contributed by atoms with Gasteiger partial charge >= 0.3 is 5.97 Å². The highest BCUT2D eigenvalue weighted by Crippen LogP contribution is 2.05. The van der Waals surface area contributed by atoms with Gasteiger partial charge in [-0.1, -0.05) is 42.5 Å². The van der Waals surface area contributed by atoms with Crippen LogP contribution in [0, 0.1) is 0 Å². The monoisotopic (exact) mass is 351 g/mol. The number of aromatic nitrogens is 2. The number of nitrogens with zero attached hydrogens (tertiary/aromatic N) is 2. The number of carboxylic acids is 1. The molecule has 0 saturated carbocycles. The Bertz CT molecular complexity index is 998. The summed E-state index contributed by atoms with van der Waals surface area (Å²) in [6.07, 6.45) is 1.45. The van der Waals surface area contributed by atoms with Gasteiger partial charge in [0.05, 0.1) is 17.2 Å². The van der Waals surface area contributed by atoms with E-state index in [2.05, 4.69) is 10.3 Å². The summed E-state index contributed by atoms with van der Waals surface area (Å²) in [5.74, 6) is -1.70. The highest BCUT2D eigenvalue weighted by Gasteiger charge is 2.20. The summed E-state index contributed by atoms with van der Waals surface area (Å²) in [7, 11) is 0. The zero-order valence-electron chi connectivity index (χ0n) is 13.8. The number of hydrogen-bond donors (Lipinski definition) is 2. The predicted molar refractivity (Wildman–Crippen MR) is 95.7 cm³/mol. The van der Waals surface area contributed by atoms with E-state index < -0.39 is 17.9 Å². The van der Waals surface area contributed by atoms with Crippen molar-refractivity contribution < 1.29 is 14.7 Å². The third-order valence-electron chi connectivity index (χ3n) is 3.96. The highest BCUT2D eigenvalue weighted by molar-refractivity contribution is 5.84. The van der Waals surface area contributed by atoms with Crippen LogP contribution in [0.15, 0.2) is 65.7 Å². The fourth-order valence-electron chi connectivity index (χ4n) is 2.66. The van der Waals surface area contributed by atoms with Crippen LogP contribution < -0.4 is 10.9 Å². The number of rotatable bonds is 6. The summed E-state index contributed by atoms with van der Waals surface area (Å²) < 4.78 is 1.17. The van der Waals surface area contributed by atoms with Crippen LogP contribution >= 0.6 is 0 Å². The largest absolute Gasteiger partial charge is 0.480 e. The van der Waals surface area contributed by atoms with Crippen LogP contribution in [0.2, 0.25) is 0 Å². The number of nitrogens with one attached hydrogen (secondary N) is 1. The first-order valence-electron chi connectivity index (χ1n) is 8.05. The minimum atomic E-state index is -1.13. The van der Waals surface area contributed by atoms with Crippen molar-refractivity contribution in [3.63, 3.8) is 0 Å². The van der Waals surface area contributed by atoms with E-state index in [4.69, 9.17) is 0 Å². The van der Waals surface area contributed by atoms with E-state index in [1.54, 1.807) is 48.5 Å². The molecule has 0 aliphatic heterocycles. The van der Waals surface area contributed by atoms with Gasteiger partial charge in [-0.3, -0.25) is 14.2 Å². The average Bonchev–Trinajstić information content (AvgIpc) is 2.64. The number of para-hydroxylation sites is 1. The van der Waals surface area contributed by atoms with Crippen molar-refractivity contribution in [3.8, 4) is 0 Å². The molecule has 1 heterocycles. The number of amides is 1. The molecule has 26 heavy (non-hydrogen) atoms. The number of aliphatic carboxylic acids is 1. The van der Waals surface area contributed by atoms with E-state index in [1.165, 1.54) is 10.9 Å². The molecule has 3 aromatic rings. The Labute approximate surface area is 148 Å². The third-order valence-corrected chi connectivity index (χ3v) is 3.96. The molecule has 0 spiro atoms. The molecule has 3 rings (SSSR count). The first kappa shape index (κ1) is 17.3. The number of carbonyl (C=O) groups excluding carboxylic acids is 1. The van der Waals surface area contributed by atoms with Gasteiger partial charge in [0.1, 0.15) is 12.6 Å². The molecular formula is C19H17N3O4. The zero-order valence-corrected chi connectivity index (χ0v) is 13.8. The Balaban J connectivity index is 1.74. The maximum absolute atomic E-state index is 12.4. The van der Waals surface area contributed by atoms with Gasteiger partial charge < -0.3 is 10.4 Å². The van der Waals surface area contributed by atoms with Crippen molar-refractivity contribution in [1.29, 1.82) is 0 Å². The SMILES string of the molecule is O=C(Cn1cnc2ccccc2c1=O)N[C@@H](Cc1ccccc1)C(=O)O. The number of fused-ring (bicyclic) bond motifs is 1. The number of carbonyl (C=O) groups is 2. The van der Waals surface area contributed by atoms with Crippen molar-refractivity contribution in [2.45, 2.75) is 19.0 Å². The second-order valence-corrected chi connectivity index (χ2v) is 5.84. The minimum absolute atomic E-state index is 0.160. The second kappa shape index (κ2) is 7.60. The van der Waals surface area contributed by atoms with Crippen molar-refractivity contribution in [2.24, 2.45) is 0 Å². The quantitative estimate of drug-likeness (QED) is 0.695. The van der Waals surface area contributed by atoms with Crippen LogP contribution in [0.3, 0.4) is 0 Å². The van der Waals surface area contributed by atoms with Crippen LogP contribution in [0.5, 0.6) is 0 Å². The van der Waals surface area contributed by atoms with E-state index in [-0.39, 0.29) is 18.5 Å². The molecule has 0 saturated heterocycles. The summed E-state index contributed by atoms with van der Waals surface area (Å²) in [4.78, 5) is 40.2. The molecule has 1 aromatic heterocycles. The zero-order chi connectivity index (χ0) is 18.5. The molecule has 7 heteroatoms. The lowest BCUT2D eigenvalue weighted by atomic mass is 10.1. The Morgan fingerprint density at radius 3 is 2.50 bits per heavy atom. The first-order valence-corrected chi connectivity index (χ1v) is 8.05. The summed E-state index contributed by atoms with van der Waals surface area (Å²) in [6.45, 7) is -0.296. The van der Waals surface area contributed by atoms with Gasteiger partial charge in [0.15, 0.2) is 0 Å². The number of benzene rings is 2. The lowest BCUT2D eigenvalue weighted by Gasteiger charge is -2.15. The molecule has 1 amide bonds. The smallest absolute Gasteiger partial charge is 0.326 e. The molecule has 1 atom stereocenters. The van der Waals surface area contributed by atoms with Crippen LogP contribution in [0.1, 0.15) is 5.56 Å². The standard InChI is InChI=1S/C19H17N3O4/c23-17(21-16(19(25)26)10-13-6-2-1-3-7-13)11-22-12-20-15-9-5-4-8-14(15)18(22)24/h1-9,12,16H,10-11H2,(H,21,23)(H,25,26)/t16-/m0/s1. The van der Waals surface area contributed by atoms with Crippen LogP contribution in [-0.2, 0) is 22.6 Å². The topological polar surface area (TPSA) is 101 Å². The lowest BCUT2D eigenvalue weighted by Crippen LogP contribution is -2.44. The molecule has 2 aromatic carbocycles. The van der Waals surface area contributed by atoms with E-state index in [0.717, 1.165) is 5.56 Å². The second-order valence-electron chi connectivity index (χ2n) is 5.84. The van der Waals surface area contributed by atoms with E-state index in [0.29, 0.717) is 10.9 Å². The van der Waals surface area contributed by atoms with Gasteiger partial charge in [-0.05, 0) is 17.7 Å². The number of carboxylic acid groups (broad SMARTS) is 1. The van der Waals surface area contributed by atoms with Crippen molar-refractivity contribution in [2.75, 3.05) is 0 Å². The summed E-state index contributed by atoms with van der Waals surface area (Å²) in [5, 5.41) is 12.2. The summed E-state index contributed by atoms with van der Waals surface area (Å²) >= 11 is 0. The third kappa shape index (κ3) is 3.94. The van der Waals surface area contributed by atoms with E-state index in [9.17, 15) is 19.5 Å². The van der Waals surface area contributed by atoms with Gasteiger partial charge in [0.25, 0.3) is 5.56 Å². The Kier molecular flexibility index (Phi) is 5.07. The molecular weight excluding hydrogens is 334 g/mol. The molecule has 132 valence electrons. The van der Waals surface area contributed by atoms with Crippen LogP contribution in [-0.4, -0.2) is 32.6 Å². The average molecular weight is 351 g/mol. The van der Waals surface area contributed by atoms with Gasteiger partial charge in [-0.2, -0.15) is 0 Å². The predicted octanol–water partition coefficient (Wildman–Crippen LogP) is 1.21. The maximum atomic E-state index is 12.4. The molecule has 0 aliphatic carbocycles. The maximum Gasteiger partial charge on any atom is 0.326 e. The first-order chi connectivity index (χ1) is 12.5. The van der Waals surface area contributed by atoms with Gasteiger partial charge in [0.2, 0.25) is 5.91 Å². The van der Waals surface area contributed by atoms with Crippen LogP contribution in [0.4, 0.5) is 0 Å². The Hall–Kier alpha value is -3.48. The molecule has 0 unspecified atom stereocenters. The van der Waals surface area contributed by atoms with Crippen LogP contribution in [0.25, 0.3) is 10.9 Å². The molecule has 0 radical (unpaired) electrons. The van der Waals surface area contributed by atoms with Crippen molar-refractivity contribution in [3.05, 3.63) is 76.8 Å². The summed E-state index contributed by atoms with van der Waals surface area (Å²) in [5.41, 5.74) is 0.993. The normalized spacial score (nSPS) is 11.8. The van der Waals surface area contributed by atoms with Crippen molar-refractivity contribution in [1.82, 2.24) is 14.9 Å². The molecule has 0 fully saturated rings. The molecule has 7 nitrogen and oxygen atoms in total. The lowest BCUT2D eigenvalue weighted by molar-refractivity contribution is -0.141. The minimum Gasteiger partial charge on any atom is -0.480 e. The molecule has 2 N–H and O–H groups in total. The number of hydrogen-bond acceptors (Lipinski definition) is 4. The highest BCUT2D eigenvalue weighted by atomic mass is 16.4. The fraction of sp³-hybridized carbons (Fsp3) is 0.158. The summed E-state index contributed by atoms with van der Waals surface area (Å²) in [6, 6.07) is 14.8. The van der Waals surface area contributed by atoms with Gasteiger partial charge in [-0.25, -0.2) is 9.78 Å². The molecule has 0 aliphatic rings. The van der Waals surface area contributed by atoms with Crippen molar-refractivity contribution >= 4 is 22.8 Å². The molecule has 0 bridgehead atoms. The van der Waals surface area contributed by atoms with E-state index in [1.807, 2.05) is 6.07 Å². The van der Waals surface area contributed by atoms with Gasteiger partial charge in [0, 0.05) is 6.42 Å².